The van der Waals surface area contributed by atoms with Crippen molar-refractivity contribution in [3.8, 4) is 0 Å². The summed E-state index contributed by atoms with van der Waals surface area (Å²) in [5, 5.41) is 10.0. The molecule has 0 aliphatic carbocycles. The van der Waals surface area contributed by atoms with Gasteiger partial charge in [-0.2, -0.15) is 0 Å². The number of nitrogens with two attached hydrogens (primary N) is 1. The fourth-order valence-electron chi connectivity index (χ4n) is 1.14. The maximum atomic E-state index is 6.00. The smallest absolute Gasteiger partial charge is 0.197 e. The van der Waals surface area contributed by atoms with Crippen LogP contribution in [-0.2, 0) is 13.6 Å². The van der Waals surface area contributed by atoms with Gasteiger partial charge in [0.2, 0.25) is 0 Å². The molecule has 0 bridgehead atoms. The van der Waals surface area contributed by atoms with E-state index in [0.717, 1.165) is 11.0 Å². The van der Waals surface area contributed by atoms with Crippen LogP contribution >= 0.6 is 23.4 Å². The topological polar surface area (TPSA) is 69.6 Å². The first-order valence-corrected chi connectivity index (χ1v) is 5.78. The lowest BCUT2D eigenvalue weighted by molar-refractivity contribution is 0.734. The Balaban J connectivity index is 2.27. The molecule has 0 aliphatic rings. The third kappa shape index (κ3) is 2.18. The zero-order valence-electron chi connectivity index (χ0n) is 8.59. The molecule has 2 rings (SSSR count). The Morgan fingerprint density at radius 1 is 1.50 bits per heavy atom. The van der Waals surface area contributed by atoms with Gasteiger partial charge in [0.1, 0.15) is 10.9 Å². The maximum Gasteiger partial charge on any atom is 0.197 e. The second kappa shape index (κ2) is 4.82. The first-order chi connectivity index (χ1) is 7.72. The molecule has 2 aromatic rings. The second-order valence-corrected chi connectivity index (χ2v) is 4.42. The Morgan fingerprint density at radius 3 is 2.94 bits per heavy atom. The molecular weight excluding hydrogens is 246 g/mol. The highest BCUT2D eigenvalue weighted by Crippen LogP contribution is 2.29. The van der Waals surface area contributed by atoms with E-state index in [1.54, 1.807) is 18.3 Å². The molecule has 2 N–H and O–H groups in total. The molecule has 16 heavy (non-hydrogen) atoms. The van der Waals surface area contributed by atoms with Gasteiger partial charge in [0, 0.05) is 13.2 Å². The fourth-order valence-corrected chi connectivity index (χ4v) is 2.16. The van der Waals surface area contributed by atoms with Crippen LogP contribution in [0, 0.1) is 0 Å². The van der Waals surface area contributed by atoms with Crippen molar-refractivity contribution in [2.24, 2.45) is 12.8 Å². The lowest BCUT2D eigenvalue weighted by atomic mass is 10.5. The summed E-state index contributed by atoms with van der Waals surface area (Å²) in [6.45, 7) is 0.361. The quantitative estimate of drug-likeness (QED) is 0.900. The molecule has 0 aliphatic heterocycles. The van der Waals surface area contributed by atoms with Gasteiger partial charge in [-0.3, -0.25) is 0 Å². The molecule has 0 spiro atoms. The summed E-state index contributed by atoms with van der Waals surface area (Å²) in [6.07, 6.45) is 1.69. The molecule has 0 fully saturated rings. The van der Waals surface area contributed by atoms with Crippen LogP contribution in [0.4, 0.5) is 0 Å². The Labute approximate surface area is 102 Å². The first kappa shape index (κ1) is 11.4. The number of rotatable bonds is 3. The lowest BCUT2D eigenvalue weighted by Gasteiger charge is -2.02. The van der Waals surface area contributed by atoms with Crippen LogP contribution < -0.4 is 5.73 Å². The standard InChI is InChI=1S/C9H10ClN5S/c1-15-7(5-11)13-14-9(15)16-8-6(10)3-2-4-12-8/h2-4H,5,11H2,1H3. The summed E-state index contributed by atoms with van der Waals surface area (Å²) in [4.78, 5) is 4.17. The number of nitrogens with zero attached hydrogens (tertiary/aromatic N) is 4. The summed E-state index contributed by atoms with van der Waals surface area (Å²) >= 11 is 7.37. The third-order valence-corrected chi connectivity index (χ3v) is 3.49. The average Bonchev–Trinajstić information content (AvgIpc) is 2.63. The van der Waals surface area contributed by atoms with Crippen molar-refractivity contribution in [3.05, 3.63) is 29.2 Å². The molecule has 0 aromatic carbocycles. The van der Waals surface area contributed by atoms with Gasteiger partial charge < -0.3 is 10.3 Å². The maximum absolute atomic E-state index is 6.00. The molecule has 0 atom stereocenters. The van der Waals surface area contributed by atoms with Crippen LogP contribution in [0.1, 0.15) is 5.82 Å². The van der Waals surface area contributed by atoms with E-state index >= 15 is 0 Å². The van der Waals surface area contributed by atoms with Gasteiger partial charge in [0.15, 0.2) is 5.16 Å². The van der Waals surface area contributed by atoms with Crippen molar-refractivity contribution in [3.63, 3.8) is 0 Å². The van der Waals surface area contributed by atoms with E-state index in [2.05, 4.69) is 15.2 Å². The zero-order chi connectivity index (χ0) is 11.5. The van der Waals surface area contributed by atoms with Gasteiger partial charge >= 0.3 is 0 Å². The van der Waals surface area contributed by atoms with Crippen molar-refractivity contribution < 1.29 is 0 Å². The van der Waals surface area contributed by atoms with Gasteiger partial charge in [-0.25, -0.2) is 4.98 Å². The lowest BCUT2D eigenvalue weighted by Crippen LogP contribution is -2.05. The minimum atomic E-state index is 0.361. The van der Waals surface area contributed by atoms with E-state index in [9.17, 15) is 0 Å². The molecule has 0 amide bonds. The average molecular weight is 256 g/mol. The van der Waals surface area contributed by atoms with E-state index in [4.69, 9.17) is 17.3 Å². The molecule has 7 heteroatoms. The Bertz CT molecular complexity index is 498. The van der Waals surface area contributed by atoms with Crippen molar-refractivity contribution in [1.29, 1.82) is 0 Å². The van der Waals surface area contributed by atoms with Gasteiger partial charge in [-0.1, -0.05) is 11.6 Å². The predicted molar refractivity (Wildman–Crippen MR) is 62.3 cm³/mol. The van der Waals surface area contributed by atoms with Gasteiger partial charge in [-0.05, 0) is 23.9 Å². The van der Waals surface area contributed by atoms with Crippen molar-refractivity contribution >= 4 is 23.4 Å². The summed E-state index contributed by atoms with van der Waals surface area (Å²) in [5.74, 6) is 0.731. The monoisotopic (exact) mass is 255 g/mol. The van der Waals surface area contributed by atoms with Crippen LogP contribution in [0.15, 0.2) is 28.5 Å². The largest absolute Gasteiger partial charge is 0.324 e. The van der Waals surface area contributed by atoms with Gasteiger partial charge in [0.25, 0.3) is 0 Å². The molecule has 5 nitrogen and oxygen atoms in total. The minimum absolute atomic E-state index is 0.361. The highest BCUT2D eigenvalue weighted by atomic mass is 35.5. The molecule has 84 valence electrons. The molecule has 0 saturated heterocycles. The highest BCUT2D eigenvalue weighted by molar-refractivity contribution is 7.99. The van der Waals surface area contributed by atoms with Crippen molar-refractivity contribution in [2.75, 3.05) is 0 Å². The molecule has 2 heterocycles. The number of aromatic nitrogens is 4. The van der Waals surface area contributed by atoms with Gasteiger partial charge in [0.05, 0.1) is 11.6 Å². The number of halogens is 1. The molecule has 2 aromatic heterocycles. The summed E-state index contributed by atoms with van der Waals surface area (Å²) in [7, 11) is 1.86. The fraction of sp³-hybridized carbons (Fsp3) is 0.222. The Kier molecular flexibility index (Phi) is 3.42. The number of pyridine rings is 1. The van der Waals surface area contributed by atoms with Gasteiger partial charge in [-0.15, -0.1) is 10.2 Å². The molecule has 0 saturated carbocycles. The Hall–Kier alpha value is -1.11. The van der Waals surface area contributed by atoms with E-state index in [-0.39, 0.29) is 0 Å². The summed E-state index contributed by atoms with van der Waals surface area (Å²) in [6, 6.07) is 3.57. The van der Waals surface area contributed by atoms with E-state index in [1.807, 2.05) is 11.6 Å². The minimum Gasteiger partial charge on any atom is -0.324 e. The SMILES string of the molecule is Cn1c(CN)nnc1Sc1ncccc1Cl. The van der Waals surface area contributed by atoms with Crippen LogP contribution in [0.3, 0.4) is 0 Å². The molecular formula is C9H10ClN5S. The number of hydrogen-bond acceptors (Lipinski definition) is 5. The van der Waals surface area contributed by atoms with Crippen LogP contribution in [0.25, 0.3) is 0 Å². The van der Waals surface area contributed by atoms with Crippen LogP contribution in [-0.4, -0.2) is 19.7 Å². The van der Waals surface area contributed by atoms with Crippen molar-refractivity contribution in [2.45, 2.75) is 16.7 Å². The summed E-state index contributed by atoms with van der Waals surface area (Å²) < 4.78 is 1.83. The number of hydrogen-bond donors (Lipinski definition) is 1. The summed E-state index contributed by atoms with van der Waals surface area (Å²) in [5.41, 5.74) is 5.51. The van der Waals surface area contributed by atoms with E-state index < -0.39 is 0 Å². The molecule has 0 unspecified atom stereocenters. The Morgan fingerprint density at radius 2 is 2.31 bits per heavy atom. The predicted octanol–water partition coefficient (Wildman–Crippen LogP) is 1.47. The van der Waals surface area contributed by atoms with Crippen LogP contribution in [0.2, 0.25) is 5.02 Å². The first-order valence-electron chi connectivity index (χ1n) is 4.59. The van der Waals surface area contributed by atoms with Crippen molar-refractivity contribution in [1.82, 2.24) is 19.7 Å². The third-order valence-electron chi connectivity index (χ3n) is 2.02. The van der Waals surface area contributed by atoms with E-state index in [1.165, 1.54) is 11.8 Å². The highest BCUT2D eigenvalue weighted by Gasteiger charge is 2.11. The zero-order valence-corrected chi connectivity index (χ0v) is 10.2. The second-order valence-electron chi connectivity index (χ2n) is 3.05. The van der Waals surface area contributed by atoms with E-state index in [0.29, 0.717) is 16.6 Å². The normalized spacial score (nSPS) is 10.7. The molecule has 0 radical (unpaired) electrons. The van der Waals surface area contributed by atoms with Crippen LogP contribution in [0.5, 0.6) is 0 Å².